The van der Waals surface area contributed by atoms with Crippen LogP contribution in [0.25, 0.3) is 0 Å². The fourth-order valence-electron chi connectivity index (χ4n) is 2.76. The van der Waals surface area contributed by atoms with E-state index in [4.69, 9.17) is 4.74 Å². The molecule has 0 spiro atoms. The van der Waals surface area contributed by atoms with Gasteiger partial charge in [-0.15, -0.1) is 0 Å². The molecule has 0 saturated carbocycles. The summed E-state index contributed by atoms with van der Waals surface area (Å²) in [6, 6.07) is 0.648. The first-order chi connectivity index (χ1) is 9.18. The van der Waals surface area contributed by atoms with E-state index in [0.717, 1.165) is 52.2 Å². The van der Waals surface area contributed by atoms with E-state index in [0.29, 0.717) is 18.6 Å². The lowest BCUT2D eigenvalue weighted by atomic mass is 10.1. The highest BCUT2D eigenvalue weighted by atomic mass is 16.5. The molecule has 0 aromatic rings. The predicted octanol–water partition coefficient (Wildman–Crippen LogP) is 1.15. The highest BCUT2D eigenvalue weighted by Crippen LogP contribution is 2.18. The monoisotopic (exact) mass is 269 g/mol. The molecule has 19 heavy (non-hydrogen) atoms. The van der Waals surface area contributed by atoms with Crippen molar-refractivity contribution in [2.45, 2.75) is 32.7 Å². The summed E-state index contributed by atoms with van der Waals surface area (Å²) in [6.07, 6.45) is 2.17. The molecule has 0 atom stereocenters. The van der Waals surface area contributed by atoms with Crippen molar-refractivity contribution in [3.63, 3.8) is 0 Å². The zero-order valence-electron chi connectivity index (χ0n) is 12.2. The van der Waals surface area contributed by atoms with Gasteiger partial charge in [-0.3, -0.25) is 0 Å². The predicted molar refractivity (Wildman–Crippen MR) is 75.2 cm³/mol. The van der Waals surface area contributed by atoms with E-state index >= 15 is 0 Å². The molecule has 2 aliphatic rings. The zero-order valence-corrected chi connectivity index (χ0v) is 12.2. The summed E-state index contributed by atoms with van der Waals surface area (Å²) in [5, 5.41) is 3.35. The van der Waals surface area contributed by atoms with Crippen LogP contribution in [-0.4, -0.2) is 67.8 Å². The largest absolute Gasteiger partial charge is 0.379 e. The summed E-state index contributed by atoms with van der Waals surface area (Å²) in [5.41, 5.74) is 0. The van der Waals surface area contributed by atoms with Crippen molar-refractivity contribution in [1.82, 2.24) is 15.1 Å². The Balaban J connectivity index is 1.71. The third-order valence-electron chi connectivity index (χ3n) is 3.83. The Kier molecular flexibility index (Phi) is 5.45. The van der Waals surface area contributed by atoms with Crippen LogP contribution < -0.4 is 5.32 Å². The van der Waals surface area contributed by atoms with Gasteiger partial charge in [0.05, 0.1) is 6.61 Å². The van der Waals surface area contributed by atoms with Gasteiger partial charge in [-0.1, -0.05) is 13.8 Å². The molecule has 2 rings (SSSR count). The number of urea groups is 1. The lowest BCUT2D eigenvalue weighted by Crippen LogP contribution is -2.45. The van der Waals surface area contributed by atoms with Crippen LogP contribution in [0.15, 0.2) is 0 Å². The molecule has 110 valence electrons. The van der Waals surface area contributed by atoms with Gasteiger partial charge in [-0.05, 0) is 31.8 Å². The fraction of sp³-hybridized carbons (Fsp3) is 0.929. The molecule has 0 aromatic carbocycles. The highest BCUT2D eigenvalue weighted by Gasteiger charge is 2.33. The number of ether oxygens (including phenoxy) is 1. The van der Waals surface area contributed by atoms with Crippen LogP contribution in [-0.2, 0) is 4.74 Å². The molecule has 2 heterocycles. The molecule has 0 aromatic heterocycles. The lowest BCUT2D eigenvalue weighted by molar-refractivity contribution is 0.0934. The lowest BCUT2D eigenvalue weighted by Gasteiger charge is -2.31. The minimum Gasteiger partial charge on any atom is -0.379 e. The van der Waals surface area contributed by atoms with Gasteiger partial charge in [0.1, 0.15) is 0 Å². The number of amides is 2. The second kappa shape index (κ2) is 7.10. The Bertz CT molecular complexity index is 290. The van der Waals surface area contributed by atoms with Gasteiger partial charge in [0.2, 0.25) is 0 Å². The van der Waals surface area contributed by atoms with Gasteiger partial charge in [-0.2, -0.15) is 0 Å². The van der Waals surface area contributed by atoms with Gasteiger partial charge < -0.3 is 19.9 Å². The van der Waals surface area contributed by atoms with Crippen LogP contribution in [0.2, 0.25) is 0 Å². The Morgan fingerprint density at radius 1 is 1.32 bits per heavy atom. The third kappa shape index (κ3) is 4.08. The molecule has 5 nitrogen and oxygen atoms in total. The molecule has 0 unspecified atom stereocenters. The van der Waals surface area contributed by atoms with E-state index in [1.54, 1.807) is 0 Å². The SMILES string of the molecule is CC(C)COCCN1CCN(C2CCNCC2)C1=O. The van der Waals surface area contributed by atoms with Crippen LogP contribution >= 0.6 is 0 Å². The summed E-state index contributed by atoms with van der Waals surface area (Å²) in [7, 11) is 0. The molecule has 2 amide bonds. The number of hydrogen-bond acceptors (Lipinski definition) is 3. The third-order valence-corrected chi connectivity index (χ3v) is 3.83. The van der Waals surface area contributed by atoms with Crippen molar-refractivity contribution in [2.24, 2.45) is 5.92 Å². The van der Waals surface area contributed by atoms with Gasteiger partial charge >= 0.3 is 6.03 Å². The number of hydrogen-bond donors (Lipinski definition) is 1. The first kappa shape index (κ1) is 14.6. The van der Waals surface area contributed by atoms with Gasteiger partial charge in [0.25, 0.3) is 0 Å². The van der Waals surface area contributed by atoms with E-state index < -0.39 is 0 Å². The van der Waals surface area contributed by atoms with E-state index in [1.165, 1.54) is 0 Å². The molecule has 2 saturated heterocycles. The quantitative estimate of drug-likeness (QED) is 0.736. The van der Waals surface area contributed by atoms with Crippen molar-refractivity contribution < 1.29 is 9.53 Å². The minimum absolute atomic E-state index is 0.208. The molecule has 0 radical (unpaired) electrons. The van der Waals surface area contributed by atoms with E-state index in [9.17, 15) is 4.79 Å². The Hall–Kier alpha value is -0.810. The number of rotatable bonds is 6. The average molecular weight is 269 g/mol. The molecule has 2 fully saturated rings. The first-order valence-electron chi connectivity index (χ1n) is 7.52. The Morgan fingerprint density at radius 2 is 2.05 bits per heavy atom. The Morgan fingerprint density at radius 3 is 2.74 bits per heavy atom. The number of piperidine rings is 1. The van der Waals surface area contributed by atoms with E-state index in [-0.39, 0.29) is 6.03 Å². The van der Waals surface area contributed by atoms with Crippen LogP contribution in [0.1, 0.15) is 26.7 Å². The molecule has 5 heteroatoms. The summed E-state index contributed by atoms with van der Waals surface area (Å²) in [4.78, 5) is 16.3. The maximum Gasteiger partial charge on any atom is 0.320 e. The number of carbonyl (C=O) groups is 1. The maximum atomic E-state index is 12.3. The van der Waals surface area contributed by atoms with Crippen molar-refractivity contribution >= 4 is 6.03 Å². The average Bonchev–Trinajstić information content (AvgIpc) is 2.77. The summed E-state index contributed by atoms with van der Waals surface area (Å²) >= 11 is 0. The second-order valence-corrected chi connectivity index (χ2v) is 5.91. The number of nitrogens with one attached hydrogen (secondary N) is 1. The molecular weight excluding hydrogens is 242 g/mol. The molecule has 0 aliphatic carbocycles. The van der Waals surface area contributed by atoms with E-state index in [1.807, 2.05) is 4.90 Å². The standard InChI is InChI=1S/C14H27N3O2/c1-12(2)11-19-10-9-16-7-8-17(14(16)18)13-3-5-15-6-4-13/h12-13,15H,3-11H2,1-2H3. The molecular formula is C14H27N3O2. The molecule has 2 aliphatic heterocycles. The zero-order chi connectivity index (χ0) is 13.7. The maximum absolute atomic E-state index is 12.3. The second-order valence-electron chi connectivity index (χ2n) is 5.91. The smallest absolute Gasteiger partial charge is 0.320 e. The van der Waals surface area contributed by atoms with E-state index in [2.05, 4.69) is 24.1 Å². The van der Waals surface area contributed by atoms with Gasteiger partial charge in [0, 0.05) is 32.3 Å². The van der Waals surface area contributed by atoms with Crippen LogP contribution in [0.5, 0.6) is 0 Å². The van der Waals surface area contributed by atoms with Crippen molar-refractivity contribution in [3.8, 4) is 0 Å². The number of nitrogens with zero attached hydrogens (tertiary/aromatic N) is 2. The fourth-order valence-corrected chi connectivity index (χ4v) is 2.76. The van der Waals surface area contributed by atoms with Gasteiger partial charge in [0.15, 0.2) is 0 Å². The first-order valence-corrected chi connectivity index (χ1v) is 7.52. The highest BCUT2D eigenvalue weighted by molar-refractivity contribution is 5.76. The van der Waals surface area contributed by atoms with Crippen molar-refractivity contribution in [1.29, 1.82) is 0 Å². The van der Waals surface area contributed by atoms with Crippen LogP contribution in [0, 0.1) is 5.92 Å². The van der Waals surface area contributed by atoms with Gasteiger partial charge in [-0.25, -0.2) is 4.79 Å². The molecule has 1 N–H and O–H groups in total. The minimum atomic E-state index is 0.208. The van der Waals surface area contributed by atoms with Crippen molar-refractivity contribution in [2.75, 3.05) is 45.9 Å². The molecule has 0 bridgehead atoms. The summed E-state index contributed by atoms with van der Waals surface area (Å²) < 4.78 is 5.56. The van der Waals surface area contributed by atoms with Crippen molar-refractivity contribution in [3.05, 3.63) is 0 Å². The normalized spacial score (nSPS) is 21.7. The van der Waals surface area contributed by atoms with Crippen LogP contribution in [0.4, 0.5) is 4.79 Å². The Labute approximate surface area is 116 Å². The topological polar surface area (TPSA) is 44.8 Å². The van der Waals surface area contributed by atoms with Crippen LogP contribution in [0.3, 0.4) is 0 Å². The summed E-state index contributed by atoms with van der Waals surface area (Å²) in [5.74, 6) is 0.556. The number of carbonyl (C=O) groups excluding carboxylic acids is 1. The summed E-state index contributed by atoms with van der Waals surface area (Å²) in [6.45, 7) is 10.2.